The maximum atomic E-state index is 11.7. The van der Waals surface area contributed by atoms with Crippen molar-refractivity contribution >= 4 is 23.2 Å². The fourth-order valence-corrected chi connectivity index (χ4v) is 1.90. The molecule has 0 bridgehead atoms. The van der Waals surface area contributed by atoms with Crippen molar-refractivity contribution in [1.29, 1.82) is 5.26 Å². The van der Waals surface area contributed by atoms with Crippen LogP contribution in [0.3, 0.4) is 0 Å². The first-order chi connectivity index (χ1) is 10.6. The van der Waals surface area contributed by atoms with Crippen LogP contribution in [0.15, 0.2) is 24.3 Å². The van der Waals surface area contributed by atoms with Crippen LogP contribution in [-0.4, -0.2) is 37.7 Å². The van der Waals surface area contributed by atoms with Gasteiger partial charge in [0, 0.05) is 13.2 Å². The molecule has 1 unspecified atom stereocenters. The summed E-state index contributed by atoms with van der Waals surface area (Å²) in [5.74, 6) is -0.518. The van der Waals surface area contributed by atoms with Gasteiger partial charge in [0.25, 0.3) is 6.29 Å². The summed E-state index contributed by atoms with van der Waals surface area (Å²) in [5.41, 5.74) is 0.677. The lowest BCUT2D eigenvalue weighted by atomic mass is 10.1. The van der Waals surface area contributed by atoms with Crippen LogP contribution in [-0.2, 0) is 14.3 Å². The summed E-state index contributed by atoms with van der Waals surface area (Å²) in [4.78, 5) is 26.7. The molecule has 0 spiro atoms. The number of rotatable bonds is 5. The molecule has 1 aromatic carbocycles. The lowest BCUT2D eigenvalue weighted by Crippen LogP contribution is -2.20. The van der Waals surface area contributed by atoms with Crippen LogP contribution in [0.5, 0.6) is 5.75 Å². The molecule has 0 aliphatic heterocycles. The standard InChI is InChI=1S/C15H12N2O5/c1-20-13(8-18)22-12-6-11(15(19)21-2)17-10-5-3-4-9(7-16)14(10)12/h3-6,8,13H,1-2H3. The van der Waals surface area contributed by atoms with E-state index in [0.717, 1.165) is 0 Å². The minimum absolute atomic E-state index is 0.000779. The summed E-state index contributed by atoms with van der Waals surface area (Å²) in [5, 5.41) is 9.60. The van der Waals surface area contributed by atoms with Gasteiger partial charge in [-0.25, -0.2) is 9.78 Å². The van der Waals surface area contributed by atoms with Crippen LogP contribution in [0.2, 0.25) is 0 Å². The summed E-state index contributed by atoms with van der Waals surface area (Å²) in [6.45, 7) is 0. The van der Waals surface area contributed by atoms with E-state index in [0.29, 0.717) is 22.8 Å². The Morgan fingerprint density at radius 2 is 2.18 bits per heavy atom. The van der Waals surface area contributed by atoms with Crippen molar-refractivity contribution < 1.29 is 23.8 Å². The number of pyridine rings is 1. The van der Waals surface area contributed by atoms with Crippen LogP contribution < -0.4 is 4.74 Å². The van der Waals surface area contributed by atoms with E-state index in [4.69, 9.17) is 9.47 Å². The third-order valence-electron chi connectivity index (χ3n) is 2.90. The number of esters is 1. The molecular weight excluding hydrogens is 288 g/mol. The number of ether oxygens (including phenoxy) is 3. The van der Waals surface area contributed by atoms with Crippen molar-refractivity contribution in [2.45, 2.75) is 6.29 Å². The van der Waals surface area contributed by atoms with E-state index < -0.39 is 12.3 Å². The molecule has 112 valence electrons. The van der Waals surface area contributed by atoms with Gasteiger partial charge in [-0.05, 0) is 12.1 Å². The maximum Gasteiger partial charge on any atom is 0.356 e. The van der Waals surface area contributed by atoms with Crippen LogP contribution >= 0.6 is 0 Å². The number of benzene rings is 1. The summed E-state index contributed by atoms with van der Waals surface area (Å²) >= 11 is 0. The second-order valence-corrected chi connectivity index (χ2v) is 4.17. The van der Waals surface area contributed by atoms with Gasteiger partial charge in [0.15, 0.2) is 12.0 Å². The maximum absolute atomic E-state index is 11.7. The van der Waals surface area contributed by atoms with Gasteiger partial charge in [-0.15, -0.1) is 0 Å². The average molecular weight is 300 g/mol. The lowest BCUT2D eigenvalue weighted by Gasteiger charge is -2.15. The number of methoxy groups -OCH3 is 2. The van der Waals surface area contributed by atoms with E-state index in [-0.39, 0.29) is 11.4 Å². The molecule has 0 radical (unpaired) electrons. The molecular formula is C15H12N2O5. The molecule has 1 aromatic heterocycles. The molecule has 0 amide bonds. The van der Waals surface area contributed by atoms with Gasteiger partial charge in [0.1, 0.15) is 5.75 Å². The molecule has 0 saturated heterocycles. The number of nitrogens with zero attached hydrogens (tertiary/aromatic N) is 2. The average Bonchev–Trinajstić information content (AvgIpc) is 2.57. The zero-order chi connectivity index (χ0) is 16.1. The van der Waals surface area contributed by atoms with Crippen LogP contribution in [0.25, 0.3) is 10.9 Å². The van der Waals surface area contributed by atoms with Crippen LogP contribution in [0.4, 0.5) is 0 Å². The minimum Gasteiger partial charge on any atom is -0.464 e. The number of aromatic nitrogens is 1. The van der Waals surface area contributed by atoms with Crippen LogP contribution in [0.1, 0.15) is 16.1 Å². The second kappa shape index (κ2) is 6.65. The highest BCUT2D eigenvalue weighted by molar-refractivity contribution is 5.96. The third-order valence-corrected chi connectivity index (χ3v) is 2.90. The zero-order valence-corrected chi connectivity index (χ0v) is 11.9. The smallest absolute Gasteiger partial charge is 0.356 e. The molecule has 1 heterocycles. The number of fused-ring (bicyclic) bond motifs is 1. The molecule has 0 fully saturated rings. The first-order valence-electron chi connectivity index (χ1n) is 6.21. The Bertz CT molecular complexity index is 766. The molecule has 0 N–H and O–H groups in total. The normalized spacial score (nSPS) is 11.5. The van der Waals surface area contributed by atoms with Gasteiger partial charge in [0.2, 0.25) is 0 Å². The molecule has 2 aromatic rings. The second-order valence-electron chi connectivity index (χ2n) is 4.17. The number of hydrogen-bond acceptors (Lipinski definition) is 7. The predicted octanol–water partition coefficient (Wildman–Crippen LogP) is 1.44. The number of carbonyl (C=O) groups is 2. The van der Waals surface area contributed by atoms with Crippen molar-refractivity contribution in [1.82, 2.24) is 4.98 Å². The summed E-state index contributed by atoms with van der Waals surface area (Å²) in [6, 6.07) is 8.16. The van der Waals surface area contributed by atoms with Gasteiger partial charge >= 0.3 is 5.97 Å². The summed E-state index contributed by atoms with van der Waals surface area (Å²) in [7, 11) is 2.53. The Morgan fingerprint density at radius 3 is 2.77 bits per heavy atom. The first-order valence-corrected chi connectivity index (χ1v) is 6.21. The fourth-order valence-electron chi connectivity index (χ4n) is 1.90. The Balaban J connectivity index is 2.70. The van der Waals surface area contributed by atoms with Crippen molar-refractivity contribution in [2.24, 2.45) is 0 Å². The summed E-state index contributed by atoms with van der Waals surface area (Å²) in [6.07, 6.45) is -0.707. The van der Waals surface area contributed by atoms with E-state index in [1.807, 2.05) is 6.07 Å². The highest BCUT2D eigenvalue weighted by Gasteiger charge is 2.18. The van der Waals surface area contributed by atoms with Crippen LogP contribution in [0, 0.1) is 11.3 Å². The molecule has 1 atom stereocenters. The molecule has 7 nitrogen and oxygen atoms in total. The first kappa shape index (κ1) is 15.4. The van der Waals surface area contributed by atoms with Gasteiger partial charge in [-0.3, -0.25) is 4.79 Å². The molecule has 0 aliphatic rings. The Labute approximate surface area is 126 Å². The number of carbonyl (C=O) groups excluding carboxylic acids is 2. The quantitative estimate of drug-likeness (QED) is 0.468. The SMILES string of the molecule is COC(=O)c1cc(OC(C=O)OC)c2c(C#N)cccc2n1. The van der Waals surface area contributed by atoms with Crippen molar-refractivity contribution in [3.63, 3.8) is 0 Å². The molecule has 22 heavy (non-hydrogen) atoms. The molecule has 2 rings (SSSR count). The van der Waals surface area contributed by atoms with Crippen molar-refractivity contribution in [3.8, 4) is 11.8 Å². The summed E-state index contributed by atoms with van der Waals surface area (Å²) < 4.78 is 14.9. The number of nitriles is 1. The topological polar surface area (TPSA) is 98.5 Å². The fraction of sp³-hybridized carbons (Fsp3) is 0.200. The van der Waals surface area contributed by atoms with Gasteiger partial charge in [-0.1, -0.05) is 6.07 Å². The van der Waals surface area contributed by atoms with Crippen molar-refractivity contribution in [2.75, 3.05) is 14.2 Å². The highest BCUT2D eigenvalue weighted by atomic mass is 16.7. The Hall–Kier alpha value is -2.98. The van der Waals surface area contributed by atoms with Gasteiger partial charge in [-0.2, -0.15) is 5.26 Å². The van der Waals surface area contributed by atoms with Gasteiger partial charge in [0.05, 0.1) is 29.6 Å². The molecule has 0 aliphatic carbocycles. The number of aldehydes is 1. The van der Waals surface area contributed by atoms with Crippen molar-refractivity contribution in [3.05, 3.63) is 35.5 Å². The minimum atomic E-state index is -1.16. The van der Waals surface area contributed by atoms with E-state index >= 15 is 0 Å². The molecule has 7 heteroatoms. The highest BCUT2D eigenvalue weighted by Crippen LogP contribution is 2.29. The predicted molar refractivity (Wildman–Crippen MR) is 75.3 cm³/mol. The molecule has 0 saturated carbocycles. The third kappa shape index (κ3) is 2.87. The monoisotopic (exact) mass is 300 g/mol. The van der Waals surface area contributed by atoms with E-state index in [2.05, 4.69) is 9.72 Å². The Morgan fingerprint density at radius 1 is 1.41 bits per heavy atom. The lowest BCUT2D eigenvalue weighted by molar-refractivity contribution is -0.131. The van der Waals surface area contributed by atoms with E-state index in [9.17, 15) is 14.9 Å². The van der Waals surface area contributed by atoms with E-state index in [1.165, 1.54) is 20.3 Å². The van der Waals surface area contributed by atoms with Gasteiger partial charge < -0.3 is 14.2 Å². The zero-order valence-electron chi connectivity index (χ0n) is 11.9. The Kier molecular flexibility index (Phi) is 4.66. The van der Waals surface area contributed by atoms with E-state index in [1.54, 1.807) is 18.2 Å². The number of hydrogen-bond donors (Lipinski definition) is 0. The largest absolute Gasteiger partial charge is 0.464 e.